The van der Waals surface area contributed by atoms with Crippen molar-refractivity contribution < 1.29 is 9.18 Å². The highest BCUT2D eigenvalue weighted by molar-refractivity contribution is 5.80. The lowest BCUT2D eigenvalue weighted by Gasteiger charge is -2.32. The fourth-order valence-electron chi connectivity index (χ4n) is 3.56. The molecule has 1 fully saturated rings. The number of pyridine rings is 1. The lowest BCUT2D eigenvalue weighted by molar-refractivity contribution is -0.122. The zero-order chi connectivity index (χ0) is 21.3. The van der Waals surface area contributed by atoms with E-state index >= 15 is 0 Å². The number of rotatable bonds is 7. The van der Waals surface area contributed by atoms with Gasteiger partial charge >= 0.3 is 0 Å². The molecule has 0 atom stereocenters. The Morgan fingerprint density at radius 1 is 1.27 bits per heavy atom. The summed E-state index contributed by atoms with van der Waals surface area (Å²) in [5, 5.41) is 6.55. The van der Waals surface area contributed by atoms with Gasteiger partial charge in [-0.25, -0.2) is 14.4 Å². The molecule has 0 unspecified atom stereocenters. The first-order chi connectivity index (χ1) is 14.6. The van der Waals surface area contributed by atoms with Crippen molar-refractivity contribution in [3.05, 3.63) is 59.5 Å². The molecule has 2 aromatic rings. The first-order valence-electron chi connectivity index (χ1n) is 10.3. The third-order valence-corrected chi connectivity index (χ3v) is 5.16. The summed E-state index contributed by atoms with van der Waals surface area (Å²) in [5.41, 5.74) is 7.30. The van der Waals surface area contributed by atoms with Crippen LogP contribution in [0.3, 0.4) is 0 Å². The Balaban J connectivity index is 1.65. The summed E-state index contributed by atoms with van der Waals surface area (Å²) in [6, 6.07) is 10.4. The number of amides is 1. The van der Waals surface area contributed by atoms with Crippen LogP contribution in [0.5, 0.6) is 0 Å². The predicted molar refractivity (Wildman–Crippen MR) is 116 cm³/mol. The molecule has 7 nitrogen and oxygen atoms in total. The molecular formula is C22H29FN6O. The van der Waals surface area contributed by atoms with Gasteiger partial charge in [-0.2, -0.15) is 0 Å². The molecule has 1 amide bonds. The highest BCUT2D eigenvalue weighted by atomic mass is 19.1. The molecule has 2 heterocycles. The minimum Gasteiger partial charge on any atom is -0.369 e. The van der Waals surface area contributed by atoms with E-state index in [0.29, 0.717) is 19.0 Å². The van der Waals surface area contributed by atoms with E-state index in [9.17, 15) is 9.18 Å². The van der Waals surface area contributed by atoms with Gasteiger partial charge in [-0.15, -0.1) is 0 Å². The van der Waals surface area contributed by atoms with Gasteiger partial charge in [-0.05, 0) is 43.5 Å². The second-order valence-electron chi connectivity index (χ2n) is 7.33. The van der Waals surface area contributed by atoms with Crippen molar-refractivity contribution >= 4 is 17.7 Å². The van der Waals surface area contributed by atoms with Gasteiger partial charge in [0.1, 0.15) is 11.6 Å². The van der Waals surface area contributed by atoms with Crippen LogP contribution in [0.15, 0.2) is 47.6 Å². The zero-order valence-corrected chi connectivity index (χ0v) is 17.3. The van der Waals surface area contributed by atoms with Crippen molar-refractivity contribution in [3.8, 4) is 0 Å². The van der Waals surface area contributed by atoms with E-state index in [2.05, 4.69) is 25.5 Å². The maximum Gasteiger partial charge on any atom is 0.220 e. The van der Waals surface area contributed by atoms with Crippen molar-refractivity contribution in [1.82, 2.24) is 15.6 Å². The summed E-state index contributed by atoms with van der Waals surface area (Å²) in [6.45, 7) is 5.16. The molecular weight excluding hydrogens is 383 g/mol. The third-order valence-electron chi connectivity index (χ3n) is 5.16. The Bertz CT molecular complexity index is 879. The number of guanidine groups is 1. The number of carbonyl (C=O) groups excluding carboxylic acids is 1. The number of nitrogens with two attached hydrogens (primary N) is 1. The summed E-state index contributed by atoms with van der Waals surface area (Å²) < 4.78 is 13.4. The molecule has 0 radical (unpaired) electrons. The van der Waals surface area contributed by atoms with Gasteiger partial charge < -0.3 is 21.3 Å². The van der Waals surface area contributed by atoms with E-state index in [1.54, 1.807) is 12.3 Å². The monoisotopic (exact) mass is 412 g/mol. The largest absolute Gasteiger partial charge is 0.369 e. The van der Waals surface area contributed by atoms with Crippen molar-refractivity contribution in [3.63, 3.8) is 0 Å². The molecule has 0 aliphatic carbocycles. The van der Waals surface area contributed by atoms with Gasteiger partial charge in [0.15, 0.2) is 5.96 Å². The number of aromatic nitrogens is 1. The smallest absolute Gasteiger partial charge is 0.220 e. The second-order valence-corrected chi connectivity index (χ2v) is 7.33. The molecule has 0 bridgehead atoms. The van der Waals surface area contributed by atoms with Gasteiger partial charge in [0, 0.05) is 43.9 Å². The molecule has 1 aliphatic rings. The first-order valence-corrected chi connectivity index (χ1v) is 10.3. The Morgan fingerprint density at radius 3 is 2.77 bits per heavy atom. The summed E-state index contributed by atoms with van der Waals surface area (Å²) in [5.74, 6) is 1.03. The number of nitrogens with one attached hydrogen (secondary N) is 2. The fourth-order valence-corrected chi connectivity index (χ4v) is 3.56. The second kappa shape index (κ2) is 10.6. The van der Waals surface area contributed by atoms with Gasteiger partial charge in [-0.3, -0.25) is 4.79 Å². The maximum absolute atomic E-state index is 13.4. The summed E-state index contributed by atoms with van der Waals surface area (Å²) in [7, 11) is 0. The zero-order valence-electron chi connectivity index (χ0n) is 17.3. The highest BCUT2D eigenvalue weighted by Gasteiger charge is 2.24. The fraction of sp³-hybridized carbons (Fsp3) is 0.409. The van der Waals surface area contributed by atoms with Gasteiger partial charge in [0.2, 0.25) is 5.91 Å². The molecule has 8 heteroatoms. The van der Waals surface area contributed by atoms with Gasteiger partial charge in [0.05, 0.1) is 6.54 Å². The average Bonchev–Trinajstić information content (AvgIpc) is 2.76. The van der Waals surface area contributed by atoms with Crippen molar-refractivity contribution in [2.75, 3.05) is 24.5 Å². The number of piperidine rings is 1. The number of hydrogen-bond acceptors (Lipinski definition) is 4. The van der Waals surface area contributed by atoms with Gasteiger partial charge in [0.25, 0.3) is 0 Å². The Labute approximate surface area is 176 Å². The molecule has 0 spiro atoms. The Hall–Kier alpha value is -3.16. The first kappa shape index (κ1) is 21.5. The number of benzene rings is 1. The predicted octanol–water partition coefficient (Wildman–Crippen LogP) is 2.18. The Morgan fingerprint density at radius 2 is 2.07 bits per heavy atom. The molecule has 1 aliphatic heterocycles. The van der Waals surface area contributed by atoms with Gasteiger partial charge in [-0.1, -0.05) is 18.2 Å². The van der Waals surface area contributed by atoms with Crippen LogP contribution in [-0.2, 0) is 17.9 Å². The molecule has 3 rings (SSSR count). The summed E-state index contributed by atoms with van der Waals surface area (Å²) >= 11 is 0. The van der Waals surface area contributed by atoms with Crippen LogP contribution < -0.4 is 21.3 Å². The molecule has 30 heavy (non-hydrogen) atoms. The number of primary amides is 1. The Kier molecular flexibility index (Phi) is 7.59. The number of halogens is 1. The number of nitrogens with zero attached hydrogens (tertiary/aromatic N) is 3. The summed E-state index contributed by atoms with van der Waals surface area (Å²) in [6.07, 6.45) is 3.27. The number of aliphatic imine (C=N–C) groups is 1. The van der Waals surface area contributed by atoms with E-state index < -0.39 is 0 Å². The number of hydrogen-bond donors (Lipinski definition) is 3. The maximum atomic E-state index is 13.4. The van der Waals surface area contributed by atoms with Crippen LogP contribution >= 0.6 is 0 Å². The summed E-state index contributed by atoms with van der Waals surface area (Å²) in [4.78, 5) is 22.7. The molecule has 1 aromatic heterocycles. The van der Waals surface area contributed by atoms with E-state index in [4.69, 9.17) is 5.73 Å². The van der Waals surface area contributed by atoms with Crippen LogP contribution in [0.2, 0.25) is 0 Å². The number of carbonyl (C=O) groups is 1. The molecule has 0 saturated carbocycles. The van der Waals surface area contributed by atoms with E-state index in [-0.39, 0.29) is 17.6 Å². The van der Waals surface area contributed by atoms with Crippen molar-refractivity contribution in [2.24, 2.45) is 16.6 Å². The normalized spacial score (nSPS) is 15.1. The molecule has 1 saturated heterocycles. The van der Waals surface area contributed by atoms with Crippen LogP contribution in [0, 0.1) is 11.7 Å². The van der Waals surface area contributed by atoms with Crippen molar-refractivity contribution in [1.29, 1.82) is 0 Å². The van der Waals surface area contributed by atoms with E-state index in [1.165, 1.54) is 12.1 Å². The van der Waals surface area contributed by atoms with E-state index in [1.807, 2.05) is 25.1 Å². The van der Waals surface area contributed by atoms with E-state index in [0.717, 1.165) is 49.4 Å². The van der Waals surface area contributed by atoms with Crippen LogP contribution in [-0.4, -0.2) is 36.5 Å². The standard InChI is InChI=1S/C22H29FN6O/c1-2-25-22(27-14-16-5-3-7-19(23)13-16)28-15-18-6-4-10-26-21(18)29-11-8-17(9-12-29)20(24)30/h3-7,10,13,17H,2,8-9,11-12,14-15H2,1H3,(H2,24,30)(H2,25,27,28). The minimum absolute atomic E-state index is 0.0538. The number of anilines is 1. The third kappa shape index (κ3) is 5.92. The lowest BCUT2D eigenvalue weighted by atomic mass is 9.96. The SMILES string of the molecule is CCNC(=NCc1cccc(F)c1)NCc1cccnc1N1CCC(C(N)=O)CC1. The average molecular weight is 413 g/mol. The quantitative estimate of drug-likeness (QED) is 0.479. The highest BCUT2D eigenvalue weighted by Crippen LogP contribution is 2.24. The van der Waals surface area contributed by atoms with Crippen LogP contribution in [0.1, 0.15) is 30.9 Å². The van der Waals surface area contributed by atoms with Crippen LogP contribution in [0.25, 0.3) is 0 Å². The topological polar surface area (TPSA) is 95.6 Å². The molecule has 160 valence electrons. The molecule has 1 aromatic carbocycles. The lowest BCUT2D eigenvalue weighted by Crippen LogP contribution is -2.40. The minimum atomic E-state index is -0.263. The van der Waals surface area contributed by atoms with Crippen LogP contribution in [0.4, 0.5) is 10.2 Å². The molecule has 4 N–H and O–H groups in total. The van der Waals surface area contributed by atoms with Crippen molar-refractivity contribution in [2.45, 2.75) is 32.9 Å².